The number of anilines is 1. The Morgan fingerprint density at radius 1 is 1.33 bits per heavy atom. The molecule has 0 N–H and O–H groups in total. The van der Waals surface area contributed by atoms with Crippen molar-refractivity contribution in [3.8, 4) is 0 Å². The topological polar surface area (TPSA) is 57.7 Å². The van der Waals surface area contributed by atoms with Crippen LogP contribution in [0.25, 0.3) is 0 Å². The van der Waals surface area contributed by atoms with Gasteiger partial charge in [-0.1, -0.05) is 0 Å². The van der Waals surface area contributed by atoms with Crippen LogP contribution in [0.15, 0.2) is 18.2 Å². The van der Waals surface area contributed by atoms with E-state index < -0.39 is 10.0 Å². The first-order valence-corrected chi connectivity index (χ1v) is 9.06. The molecule has 2 rings (SSSR count). The van der Waals surface area contributed by atoms with Gasteiger partial charge in [-0.05, 0) is 51.0 Å². The second kappa shape index (κ2) is 5.67. The molecule has 0 aromatic heterocycles. The highest BCUT2D eigenvalue weighted by Gasteiger charge is 2.32. The Morgan fingerprint density at radius 2 is 1.95 bits per heavy atom. The summed E-state index contributed by atoms with van der Waals surface area (Å²) in [5.41, 5.74) is 2.24. The summed E-state index contributed by atoms with van der Waals surface area (Å²) in [5.74, 6) is -0.00624. The Morgan fingerprint density at radius 3 is 2.48 bits per heavy atom. The molecule has 0 spiro atoms. The van der Waals surface area contributed by atoms with E-state index in [9.17, 15) is 13.2 Å². The van der Waals surface area contributed by atoms with Crippen LogP contribution < -0.4 is 4.31 Å². The molecule has 1 aromatic carbocycles. The van der Waals surface area contributed by atoms with Crippen molar-refractivity contribution in [2.45, 2.75) is 33.2 Å². The van der Waals surface area contributed by atoms with E-state index in [0.717, 1.165) is 5.56 Å². The molecule has 21 heavy (non-hydrogen) atoms. The maximum absolute atomic E-state index is 12.4. The normalized spacial score (nSPS) is 17.7. The van der Waals surface area contributed by atoms with Gasteiger partial charge in [-0.2, -0.15) is 0 Å². The Hall–Kier alpha value is -1.56. The molecule has 0 fully saturated rings. The molecule has 1 heterocycles. The van der Waals surface area contributed by atoms with Crippen molar-refractivity contribution in [1.82, 2.24) is 4.90 Å². The third kappa shape index (κ3) is 2.90. The predicted octanol–water partition coefficient (Wildman–Crippen LogP) is 1.88. The van der Waals surface area contributed by atoms with E-state index in [-0.39, 0.29) is 11.9 Å². The van der Waals surface area contributed by atoms with E-state index >= 15 is 0 Å². The fraction of sp³-hybridized carbons (Fsp3) is 0.533. The van der Waals surface area contributed by atoms with Crippen molar-refractivity contribution < 1.29 is 13.2 Å². The smallest absolute Gasteiger partial charge is 0.253 e. The first-order valence-electron chi connectivity index (χ1n) is 7.21. The number of benzene rings is 1. The molecular weight excluding hydrogens is 288 g/mol. The van der Waals surface area contributed by atoms with Crippen molar-refractivity contribution in [3.05, 3.63) is 29.3 Å². The third-order valence-electron chi connectivity index (χ3n) is 3.89. The van der Waals surface area contributed by atoms with Gasteiger partial charge in [0.2, 0.25) is 10.0 Å². The van der Waals surface area contributed by atoms with Gasteiger partial charge in [0.1, 0.15) is 0 Å². The van der Waals surface area contributed by atoms with Crippen LogP contribution in [0.1, 0.15) is 36.7 Å². The third-order valence-corrected chi connectivity index (χ3v) is 5.16. The largest absolute Gasteiger partial charge is 0.339 e. The lowest BCUT2D eigenvalue weighted by atomic mass is 10.1. The van der Waals surface area contributed by atoms with Gasteiger partial charge in [0.25, 0.3) is 5.91 Å². The van der Waals surface area contributed by atoms with Crippen molar-refractivity contribution >= 4 is 21.6 Å². The molecule has 0 aliphatic carbocycles. The number of amides is 1. The second-order valence-electron chi connectivity index (χ2n) is 5.43. The molecular formula is C15H22N2O3S. The molecule has 0 saturated carbocycles. The first kappa shape index (κ1) is 15.8. The summed E-state index contributed by atoms with van der Waals surface area (Å²) in [6.45, 7) is 7.11. The number of nitrogens with zero attached hydrogens (tertiary/aromatic N) is 2. The predicted molar refractivity (Wildman–Crippen MR) is 84.2 cm³/mol. The van der Waals surface area contributed by atoms with Gasteiger partial charge in [-0.3, -0.25) is 9.10 Å². The summed E-state index contributed by atoms with van der Waals surface area (Å²) in [5, 5.41) is 0. The quantitative estimate of drug-likeness (QED) is 0.853. The minimum Gasteiger partial charge on any atom is -0.339 e. The maximum atomic E-state index is 12.4. The highest BCUT2D eigenvalue weighted by atomic mass is 32.2. The van der Waals surface area contributed by atoms with Crippen LogP contribution >= 0.6 is 0 Å². The van der Waals surface area contributed by atoms with E-state index in [1.54, 1.807) is 17.0 Å². The number of sulfonamides is 1. The van der Waals surface area contributed by atoms with Crippen molar-refractivity contribution in [2.75, 3.05) is 23.7 Å². The highest BCUT2D eigenvalue weighted by molar-refractivity contribution is 7.92. The van der Waals surface area contributed by atoms with Crippen LogP contribution in [0, 0.1) is 0 Å². The van der Waals surface area contributed by atoms with Crippen LogP contribution in [0.4, 0.5) is 5.69 Å². The minimum atomic E-state index is -3.29. The van der Waals surface area contributed by atoms with Gasteiger partial charge in [0, 0.05) is 24.7 Å². The van der Waals surface area contributed by atoms with Crippen LogP contribution in [0.5, 0.6) is 0 Å². The number of rotatable bonds is 4. The molecule has 1 aliphatic heterocycles. The molecule has 6 heteroatoms. The van der Waals surface area contributed by atoms with Crippen molar-refractivity contribution in [1.29, 1.82) is 0 Å². The number of hydrogen-bond acceptors (Lipinski definition) is 3. The monoisotopic (exact) mass is 310 g/mol. The lowest BCUT2D eigenvalue weighted by molar-refractivity contribution is 0.0773. The minimum absolute atomic E-state index is 0.00624. The zero-order valence-electron chi connectivity index (χ0n) is 13.0. The van der Waals surface area contributed by atoms with Gasteiger partial charge in [-0.15, -0.1) is 0 Å². The van der Waals surface area contributed by atoms with E-state index in [4.69, 9.17) is 0 Å². The first-order chi connectivity index (χ1) is 9.79. The van der Waals surface area contributed by atoms with Crippen LogP contribution in [0.3, 0.4) is 0 Å². The fourth-order valence-electron chi connectivity index (χ4n) is 2.93. The van der Waals surface area contributed by atoms with Gasteiger partial charge < -0.3 is 4.90 Å². The molecule has 0 radical (unpaired) electrons. The van der Waals surface area contributed by atoms with E-state index in [1.165, 1.54) is 10.6 Å². The fourth-order valence-corrected chi connectivity index (χ4v) is 4.20. The molecule has 116 valence electrons. The van der Waals surface area contributed by atoms with Crippen LogP contribution in [-0.2, 0) is 16.4 Å². The molecule has 0 bridgehead atoms. The summed E-state index contributed by atoms with van der Waals surface area (Å²) in [6, 6.07) is 5.19. The summed E-state index contributed by atoms with van der Waals surface area (Å²) >= 11 is 0. The molecule has 1 aromatic rings. The summed E-state index contributed by atoms with van der Waals surface area (Å²) in [6.07, 6.45) is 1.86. The Kier molecular flexibility index (Phi) is 4.27. The standard InChI is InChI=1S/C15H22N2O3S/c1-5-16(6-2)15(18)12-7-8-14-13(10-12)9-11(3)17(14)21(4,19)20/h7-8,10-11H,5-6,9H2,1-4H3. The molecule has 1 unspecified atom stereocenters. The SMILES string of the molecule is CCN(CC)C(=O)c1ccc2c(c1)CC(C)N2S(C)(=O)=O. The number of carbonyl (C=O) groups excluding carboxylic acids is 1. The lowest BCUT2D eigenvalue weighted by Crippen LogP contribution is -2.34. The van der Waals surface area contributed by atoms with Gasteiger partial charge in [0.15, 0.2) is 0 Å². The van der Waals surface area contributed by atoms with E-state index in [1.807, 2.05) is 26.8 Å². The summed E-state index contributed by atoms with van der Waals surface area (Å²) in [4.78, 5) is 14.1. The second-order valence-corrected chi connectivity index (χ2v) is 7.29. The maximum Gasteiger partial charge on any atom is 0.253 e. The van der Waals surface area contributed by atoms with E-state index in [2.05, 4.69) is 0 Å². The zero-order valence-corrected chi connectivity index (χ0v) is 13.8. The Balaban J connectivity index is 2.39. The van der Waals surface area contributed by atoms with Crippen molar-refractivity contribution in [3.63, 3.8) is 0 Å². The average molecular weight is 310 g/mol. The molecule has 0 saturated heterocycles. The van der Waals surface area contributed by atoms with Crippen molar-refractivity contribution in [2.24, 2.45) is 0 Å². The Bertz CT molecular complexity index is 651. The zero-order chi connectivity index (χ0) is 15.8. The summed E-state index contributed by atoms with van der Waals surface area (Å²) < 4.78 is 25.2. The van der Waals surface area contributed by atoms with Gasteiger partial charge >= 0.3 is 0 Å². The summed E-state index contributed by atoms with van der Waals surface area (Å²) in [7, 11) is -3.29. The molecule has 1 amide bonds. The number of fused-ring (bicyclic) bond motifs is 1. The molecule has 1 atom stereocenters. The Labute approximate surface area is 126 Å². The average Bonchev–Trinajstić information content (AvgIpc) is 2.74. The molecule has 1 aliphatic rings. The lowest BCUT2D eigenvalue weighted by Gasteiger charge is -2.22. The van der Waals surface area contributed by atoms with Gasteiger partial charge in [0.05, 0.1) is 11.9 Å². The van der Waals surface area contributed by atoms with E-state index in [0.29, 0.717) is 30.8 Å². The highest BCUT2D eigenvalue weighted by Crippen LogP contribution is 2.34. The van der Waals surface area contributed by atoms with Crippen LogP contribution in [0.2, 0.25) is 0 Å². The number of carbonyl (C=O) groups is 1. The molecule has 5 nitrogen and oxygen atoms in total. The van der Waals surface area contributed by atoms with Gasteiger partial charge in [-0.25, -0.2) is 8.42 Å². The van der Waals surface area contributed by atoms with Crippen LogP contribution in [-0.4, -0.2) is 44.6 Å². The number of hydrogen-bond donors (Lipinski definition) is 0.